The van der Waals surface area contributed by atoms with Gasteiger partial charge in [-0.05, 0) is 96.1 Å². The second-order valence-corrected chi connectivity index (χ2v) is 27.7. The second-order valence-electron chi connectivity index (χ2n) is 21.1. The Hall–Kier alpha value is -2.70. The number of Topliss-reactive ketones (excluding diaryl/α,β-unsaturated/α-hetero) is 1. The van der Waals surface area contributed by atoms with Crippen molar-refractivity contribution in [3.05, 3.63) is 49.6 Å². The van der Waals surface area contributed by atoms with Crippen LogP contribution in [0.5, 0.6) is 17.2 Å². The molecule has 2 bridgehead atoms. The van der Waals surface area contributed by atoms with Gasteiger partial charge in [0.2, 0.25) is 17.2 Å². The van der Waals surface area contributed by atoms with Gasteiger partial charge in [0.05, 0.1) is 85.3 Å². The van der Waals surface area contributed by atoms with Crippen LogP contribution in [-0.4, -0.2) is 206 Å². The van der Waals surface area contributed by atoms with Crippen molar-refractivity contribution in [1.82, 2.24) is 5.48 Å². The van der Waals surface area contributed by atoms with Crippen molar-refractivity contribution in [2.45, 2.75) is 189 Å². The highest BCUT2D eigenvalue weighted by Gasteiger charge is 2.52. The highest BCUT2D eigenvalue weighted by molar-refractivity contribution is 14.1. The van der Waals surface area contributed by atoms with E-state index in [9.17, 15) is 39.9 Å². The van der Waals surface area contributed by atoms with Crippen LogP contribution in [0.3, 0.4) is 0 Å². The SMILES string of the molecule is CCCC1COC(OC2C(O[C@H]3C#C/C=C\C#CC[C@]4(O)CC(=O)C(CC(=O)OC)=C3/C4=C\CSSSC)OC(C)C(NOC3CC(O)C(SC(=O)c4c(C)c(I)c(OC5OC(C)C(O)C(OC)C5O)c(OC)c4OC)C(C)O3)C2O)CC1OC. The third-order valence-corrected chi connectivity index (χ3v) is 22.0. The van der Waals surface area contributed by atoms with Gasteiger partial charge in [-0.25, -0.2) is 0 Å². The third kappa shape index (κ3) is 16.4. The van der Waals surface area contributed by atoms with Crippen molar-refractivity contribution in [2.75, 3.05) is 54.2 Å². The van der Waals surface area contributed by atoms with Crippen LogP contribution in [0.1, 0.15) is 88.6 Å². The molecule has 4 aliphatic heterocycles. The number of hydrogen-bond acceptors (Lipinski definition) is 26. The van der Waals surface area contributed by atoms with Gasteiger partial charge in [-0.15, -0.1) is 0 Å². The van der Waals surface area contributed by atoms with E-state index >= 15 is 0 Å². The molecule has 1 aromatic rings. The zero-order chi connectivity index (χ0) is 61.9. The quantitative estimate of drug-likeness (QED) is 0.0203. The lowest BCUT2D eigenvalue weighted by molar-refractivity contribution is -0.337. The topological polar surface area (TPSA) is 284 Å². The molecular formula is C58H78INO21S4. The van der Waals surface area contributed by atoms with E-state index in [0.29, 0.717) is 33.5 Å². The maximum atomic E-state index is 14.5. The Labute approximate surface area is 525 Å². The van der Waals surface area contributed by atoms with Crippen LogP contribution in [0.25, 0.3) is 0 Å². The maximum Gasteiger partial charge on any atom is 0.310 e. The lowest BCUT2D eigenvalue weighted by Crippen LogP contribution is -2.65. The summed E-state index contributed by atoms with van der Waals surface area (Å²) in [6, 6.07) is -1.07. The Balaban J connectivity index is 1.13. The molecule has 0 aromatic heterocycles. The fraction of sp³-hybridized carbons (Fsp3) is 0.672. The number of esters is 1. The number of aliphatic hydroxyl groups excluding tert-OH is 4. The summed E-state index contributed by atoms with van der Waals surface area (Å²) in [6.07, 6.45) is -8.80. The van der Waals surface area contributed by atoms with Gasteiger partial charge in [-0.2, -0.15) is 5.48 Å². The molecule has 472 valence electrons. The van der Waals surface area contributed by atoms with Gasteiger partial charge in [-0.3, -0.25) is 19.2 Å². The van der Waals surface area contributed by atoms with Crippen molar-refractivity contribution < 1.29 is 102 Å². The molecule has 85 heavy (non-hydrogen) atoms. The van der Waals surface area contributed by atoms with Gasteiger partial charge in [0.25, 0.3) is 0 Å². The molecule has 4 heterocycles. The van der Waals surface area contributed by atoms with E-state index in [1.54, 1.807) is 51.7 Å². The van der Waals surface area contributed by atoms with Crippen LogP contribution in [0.15, 0.2) is 34.9 Å². The van der Waals surface area contributed by atoms with E-state index in [0.717, 1.165) is 24.6 Å². The Kier molecular flexibility index (Phi) is 26.6. The number of carbonyl (C=O) groups excluding carboxylic acids is 3. The maximum absolute atomic E-state index is 14.5. The fourth-order valence-electron chi connectivity index (χ4n) is 11.2. The number of thioether (sulfide) groups is 1. The van der Waals surface area contributed by atoms with E-state index in [1.165, 1.54) is 61.2 Å². The summed E-state index contributed by atoms with van der Waals surface area (Å²) in [5, 5.41) is 57.1. The summed E-state index contributed by atoms with van der Waals surface area (Å²) in [5.41, 5.74) is 2.17. The van der Waals surface area contributed by atoms with Crippen LogP contribution >= 0.6 is 65.8 Å². The molecule has 0 spiro atoms. The van der Waals surface area contributed by atoms with Crippen LogP contribution in [-0.2, 0) is 57.1 Å². The highest BCUT2D eigenvalue weighted by Crippen LogP contribution is 2.49. The molecule has 0 radical (unpaired) electrons. The Morgan fingerprint density at radius 3 is 2.28 bits per heavy atom. The first kappa shape index (κ1) is 69.8. The molecule has 6 aliphatic rings. The molecule has 4 saturated heterocycles. The fourth-order valence-corrected chi connectivity index (χ4v) is 15.4. The zero-order valence-electron chi connectivity index (χ0n) is 49.3. The molecule has 22 nitrogen and oxygen atoms in total. The van der Waals surface area contributed by atoms with E-state index in [-0.39, 0.29) is 65.2 Å². The van der Waals surface area contributed by atoms with Gasteiger partial charge >= 0.3 is 5.97 Å². The largest absolute Gasteiger partial charge is 0.492 e. The first-order chi connectivity index (χ1) is 40.7. The minimum Gasteiger partial charge on any atom is -0.492 e. The van der Waals surface area contributed by atoms with Crippen molar-refractivity contribution in [1.29, 1.82) is 0 Å². The summed E-state index contributed by atoms with van der Waals surface area (Å²) in [7, 11) is 11.5. The molecule has 27 heteroatoms. The van der Waals surface area contributed by atoms with E-state index in [4.69, 9.17) is 61.7 Å². The van der Waals surface area contributed by atoms with Crippen molar-refractivity contribution in [3.63, 3.8) is 0 Å². The van der Waals surface area contributed by atoms with E-state index in [2.05, 4.69) is 36.1 Å². The first-order valence-electron chi connectivity index (χ1n) is 27.8. The van der Waals surface area contributed by atoms with Gasteiger partial charge in [-0.1, -0.05) is 76.5 Å². The number of hydrogen-bond donors (Lipinski definition) is 6. The average Bonchev–Trinajstić information content (AvgIpc) is 1.43. The predicted octanol–water partition coefficient (Wildman–Crippen LogP) is 5.27. The number of allylic oxidation sites excluding steroid dienone is 2. The number of carbonyl (C=O) groups is 3. The Morgan fingerprint density at radius 2 is 1.61 bits per heavy atom. The van der Waals surface area contributed by atoms with Crippen molar-refractivity contribution >= 4 is 82.6 Å². The molecule has 2 aliphatic carbocycles. The lowest BCUT2D eigenvalue weighted by Gasteiger charge is -2.47. The van der Waals surface area contributed by atoms with Gasteiger partial charge in [0, 0.05) is 62.7 Å². The average molecular weight is 1380 g/mol. The molecule has 0 saturated carbocycles. The lowest BCUT2D eigenvalue weighted by atomic mass is 9.71. The highest BCUT2D eigenvalue weighted by atomic mass is 127. The number of methoxy groups -OCH3 is 5. The van der Waals surface area contributed by atoms with Crippen LogP contribution in [0.4, 0.5) is 0 Å². The normalized spacial score (nSPS) is 35.8. The number of rotatable bonds is 23. The van der Waals surface area contributed by atoms with Crippen LogP contribution in [0, 0.1) is 40.1 Å². The molecule has 1 aromatic carbocycles. The molecule has 7 rings (SSSR count). The molecule has 4 fully saturated rings. The molecule has 0 amide bonds. The van der Waals surface area contributed by atoms with Crippen molar-refractivity contribution in [3.8, 4) is 40.9 Å². The monoisotopic (exact) mass is 1380 g/mol. The number of ketones is 1. The number of fused-ring (bicyclic) bond motifs is 2. The Bertz CT molecular complexity index is 2720. The number of hydroxylamine groups is 1. The van der Waals surface area contributed by atoms with Gasteiger partial charge in [0.15, 0.2) is 36.2 Å². The third-order valence-electron chi connectivity index (χ3n) is 15.6. The summed E-state index contributed by atoms with van der Waals surface area (Å²) >= 11 is 2.84. The first-order valence-corrected chi connectivity index (χ1v) is 33.8. The molecule has 6 N–H and O–H groups in total. The summed E-state index contributed by atoms with van der Waals surface area (Å²) in [4.78, 5) is 47.9. The van der Waals surface area contributed by atoms with E-state index in [1.807, 2.05) is 28.8 Å². The smallest absolute Gasteiger partial charge is 0.310 e. The van der Waals surface area contributed by atoms with Gasteiger partial charge in [0.1, 0.15) is 42.2 Å². The number of ether oxygens (including phenoxy) is 12. The molecular weight excluding hydrogens is 1300 g/mol. The minimum atomic E-state index is -1.81. The predicted molar refractivity (Wildman–Crippen MR) is 326 cm³/mol. The van der Waals surface area contributed by atoms with Crippen LogP contribution < -0.4 is 19.7 Å². The number of aliphatic hydroxyl groups is 5. The summed E-state index contributed by atoms with van der Waals surface area (Å²) in [5.74, 6) is 11.3. The Morgan fingerprint density at radius 1 is 0.882 bits per heavy atom. The summed E-state index contributed by atoms with van der Waals surface area (Å²) < 4.78 is 73.1. The minimum absolute atomic E-state index is 0.0292. The molecule has 17 unspecified atom stereocenters. The number of benzene rings is 1. The van der Waals surface area contributed by atoms with Gasteiger partial charge < -0.3 is 82.4 Å². The number of nitrogens with one attached hydrogen (secondary N) is 1. The molecule has 19 atom stereocenters. The number of halogens is 1. The van der Waals surface area contributed by atoms with E-state index < -0.39 is 126 Å². The summed E-state index contributed by atoms with van der Waals surface area (Å²) in [6.45, 7) is 9.05. The van der Waals surface area contributed by atoms with Crippen molar-refractivity contribution in [2.24, 2.45) is 5.92 Å². The standard InChI is InChI=1S/C58H78INO21S4/c1-12-18-32-27-74-40(25-38(32)69-6)79-52-47(65)45(29(3)76-57(52)78-37-19-16-14-13-15-17-21-58(68)26-36(62)33(23-39(63)70-7)43(37)34(58)20-22-83-85-82-11)60-81-41-24-35(61)54(31(5)75-41)84-55(67)42-28(2)44(59)50(53(73-10)49(42)71-8)80-56-48(66)51(72-9)46(64)30(4)77-56/h13-14,20,29-32,35,37-38,40-41,45-48,51-52,54,56-57,60-61,64-66,68H,12,18,21-27H2,1-11H3/b14-13-,34-20+/t29?,30?,31?,32?,35?,37-,38?,40?,41?,45?,46?,47?,48?,51?,52?,54?,56?,57?,58-/m0/s1. The zero-order valence-corrected chi connectivity index (χ0v) is 54.7. The second kappa shape index (κ2) is 32.3. The van der Waals surface area contributed by atoms with Crippen LogP contribution in [0.2, 0.25) is 0 Å².